The third-order valence-electron chi connectivity index (χ3n) is 5.60. The molecule has 0 saturated heterocycles. The largest absolute Gasteiger partial charge is 0.497 e. The molecule has 1 heterocycles. The van der Waals surface area contributed by atoms with Crippen molar-refractivity contribution in [3.05, 3.63) is 48.0 Å². The van der Waals surface area contributed by atoms with Crippen molar-refractivity contribution in [2.45, 2.75) is 52.1 Å². The van der Waals surface area contributed by atoms with Crippen LogP contribution in [0, 0.1) is 0 Å². The van der Waals surface area contributed by atoms with Crippen molar-refractivity contribution >= 4 is 29.0 Å². The molecular weight excluding hydrogens is 442 g/mol. The number of fused-ring (bicyclic) bond motifs is 1. The van der Waals surface area contributed by atoms with Crippen LogP contribution in [-0.2, 0) is 11.3 Å². The Labute approximate surface area is 208 Å². The summed E-state index contributed by atoms with van der Waals surface area (Å²) in [4.78, 5) is 18.4. The monoisotopic (exact) mass is 481 g/mol. The third kappa shape index (κ3) is 8.10. The number of likely N-dealkylation sites (N-methyl/N-ethyl adjacent to an activating group) is 1. The van der Waals surface area contributed by atoms with Crippen LogP contribution < -0.4 is 25.4 Å². The molecule has 3 N–H and O–H groups in total. The van der Waals surface area contributed by atoms with Crippen molar-refractivity contribution in [2.24, 2.45) is 0 Å². The number of anilines is 2. The summed E-state index contributed by atoms with van der Waals surface area (Å²) < 4.78 is 10.8. The number of hydrogen-bond acceptors (Lipinski definition) is 8. The van der Waals surface area contributed by atoms with Gasteiger partial charge in [0.05, 0.1) is 19.7 Å². The first-order valence-corrected chi connectivity index (χ1v) is 12.0. The van der Waals surface area contributed by atoms with Crippen molar-refractivity contribution in [2.75, 3.05) is 38.4 Å². The van der Waals surface area contributed by atoms with Crippen molar-refractivity contribution < 1.29 is 14.3 Å². The van der Waals surface area contributed by atoms with E-state index in [1.165, 1.54) is 6.92 Å². The Hall–Kier alpha value is -3.39. The molecule has 0 radical (unpaired) electrons. The molecule has 1 atom stereocenters. The van der Waals surface area contributed by atoms with Gasteiger partial charge in [-0.1, -0.05) is 31.9 Å². The summed E-state index contributed by atoms with van der Waals surface area (Å²) in [6.45, 7) is 7.28. The number of para-hydroxylation sites is 1. The quantitative estimate of drug-likeness (QED) is 0.309. The highest BCUT2D eigenvalue weighted by Gasteiger charge is 2.24. The topological polar surface area (TPSA) is 97.4 Å². The summed E-state index contributed by atoms with van der Waals surface area (Å²) in [5, 5.41) is 11.4. The average Bonchev–Trinajstić information content (AvgIpc) is 2.86. The molecule has 2 aromatic carbocycles. The van der Waals surface area contributed by atoms with Crippen molar-refractivity contribution in [1.29, 1.82) is 0 Å². The van der Waals surface area contributed by atoms with Gasteiger partial charge in [-0.05, 0) is 51.6 Å². The smallest absolute Gasteiger partial charge is 0.225 e. The summed E-state index contributed by atoms with van der Waals surface area (Å²) in [6, 6.07) is 13.9. The molecule has 0 amide bonds. The van der Waals surface area contributed by atoms with Crippen LogP contribution >= 0.6 is 0 Å². The van der Waals surface area contributed by atoms with Crippen LogP contribution in [0.1, 0.15) is 45.6 Å². The van der Waals surface area contributed by atoms with Crippen LogP contribution in [0.25, 0.3) is 10.9 Å². The number of hydrogen-bond donors (Lipinski definition) is 3. The second-order valence-electron chi connectivity index (χ2n) is 8.50. The van der Waals surface area contributed by atoms with Crippen LogP contribution in [0.4, 0.5) is 11.8 Å². The van der Waals surface area contributed by atoms with E-state index >= 15 is 0 Å². The molecule has 8 nitrogen and oxygen atoms in total. The maximum absolute atomic E-state index is 8.81. The Balaban J connectivity index is 0.00000137. The minimum atomic E-state index is -0.113. The summed E-state index contributed by atoms with van der Waals surface area (Å²) in [5.74, 6) is 2.94. The van der Waals surface area contributed by atoms with E-state index in [9.17, 15) is 0 Å². The summed E-state index contributed by atoms with van der Waals surface area (Å²) in [7, 11) is 5.29. The fourth-order valence-electron chi connectivity index (χ4n) is 3.86. The molecule has 3 rings (SSSR count). The number of unbranched alkanes of at least 4 members (excludes halogenated alkanes) is 1. The first-order valence-electron chi connectivity index (χ1n) is 12.0. The lowest BCUT2D eigenvalue weighted by Gasteiger charge is -2.32. The molecule has 0 spiro atoms. The Morgan fingerprint density at radius 1 is 1.09 bits per heavy atom. The predicted molar refractivity (Wildman–Crippen MR) is 144 cm³/mol. The maximum Gasteiger partial charge on any atom is 0.225 e. The van der Waals surface area contributed by atoms with E-state index in [0.717, 1.165) is 65.9 Å². The molecular formula is C27H39N5O3. The summed E-state index contributed by atoms with van der Waals surface area (Å²) in [5.41, 5.74) is 1.79. The number of carbonyl (C=O) groups excluding carboxylic acids is 1. The number of nitrogens with zero attached hydrogens (tertiary/aromatic N) is 2. The van der Waals surface area contributed by atoms with Gasteiger partial charge in [0.15, 0.2) is 0 Å². The van der Waals surface area contributed by atoms with Gasteiger partial charge < -0.3 is 30.2 Å². The van der Waals surface area contributed by atoms with Gasteiger partial charge in [-0.25, -0.2) is 4.98 Å². The fraction of sp³-hybridized carbons (Fsp3) is 0.444. The third-order valence-corrected chi connectivity index (χ3v) is 5.60. The summed E-state index contributed by atoms with van der Waals surface area (Å²) >= 11 is 0. The molecule has 35 heavy (non-hydrogen) atoms. The van der Waals surface area contributed by atoms with Gasteiger partial charge in [-0.2, -0.15) is 4.98 Å². The van der Waals surface area contributed by atoms with Gasteiger partial charge in [-0.15, -0.1) is 0 Å². The molecule has 0 fully saturated rings. The van der Waals surface area contributed by atoms with E-state index in [2.05, 4.69) is 35.9 Å². The van der Waals surface area contributed by atoms with Crippen LogP contribution in [0.2, 0.25) is 0 Å². The number of benzene rings is 2. The van der Waals surface area contributed by atoms with Gasteiger partial charge in [0.2, 0.25) is 5.95 Å². The molecule has 0 aliphatic carbocycles. The van der Waals surface area contributed by atoms with E-state index in [1.54, 1.807) is 14.2 Å². The van der Waals surface area contributed by atoms with Crippen LogP contribution in [0.3, 0.4) is 0 Å². The molecule has 0 saturated carbocycles. The van der Waals surface area contributed by atoms with Crippen molar-refractivity contribution in [3.63, 3.8) is 0 Å². The Morgan fingerprint density at radius 3 is 2.49 bits per heavy atom. The van der Waals surface area contributed by atoms with Crippen LogP contribution in [0.15, 0.2) is 42.5 Å². The minimum absolute atomic E-state index is 0.113. The van der Waals surface area contributed by atoms with E-state index in [1.807, 2.05) is 43.4 Å². The normalized spacial score (nSPS) is 12.2. The van der Waals surface area contributed by atoms with E-state index < -0.39 is 0 Å². The van der Waals surface area contributed by atoms with Gasteiger partial charge in [-0.3, -0.25) is 0 Å². The second-order valence-corrected chi connectivity index (χ2v) is 8.50. The highest BCUT2D eigenvalue weighted by Crippen LogP contribution is 2.28. The van der Waals surface area contributed by atoms with Gasteiger partial charge in [0.25, 0.3) is 0 Å². The number of nitrogens with one attached hydrogen (secondary N) is 3. The van der Waals surface area contributed by atoms with Gasteiger partial charge in [0, 0.05) is 35.6 Å². The molecule has 0 bridgehead atoms. The van der Waals surface area contributed by atoms with Gasteiger partial charge >= 0.3 is 0 Å². The fourth-order valence-corrected chi connectivity index (χ4v) is 3.86. The molecule has 190 valence electrons. The number of aromatic nitrogens is 2. The lowest BCUT2D eigenvalue weighted by molar-refractivity contribution is -0.106. The first kappa shape index (κ1) is 27.9. The van der Waals surface area contributed by atoms with Crippen molar-refractivity contribution in [1.82, 2.24) is 15.3 Å². The van der Waals surface area contributed by atoms with E-state index in [4.69, 9.17) is 24.2 Å². The molecule has 1 unspecified atom stereocenters. The zero-order valence-electron chi connectivity index (χ0n) is 21.8. The van der Waals surface area contributed by atoms with Crippen LogP contribution in [-0.4, -0.2) is 49.6 Å². The lowest BCUT2D eigenvalue weighted by Crippen LogP contribution is -2.44. The lowest BCUT2D eigenvalue weighted by atomic mass is 9.94. The molecule has 0 aliphatic rings. The first-order chi connectivity index (χ1) is 16.9. The number of methoxy groups -OCH3 is 2. The predicted octanol–water partition coefficient (Wildman–Crippen LogP) is 5.04. The Bertz CT molecular complexity index is 1080. The Kier molecular flexibility index (Phi) is 11.2. The average molecular weight is 482 g/mol. The summed E-state index contributed by atoms with van der Waals surface area (Å²) in [6.07, 6.45) is 4.10. The minimum Gasteiger partial charge on any atom is -0.497 e. The standard InChI is InChI=1S/C25H35N5O2.C2H4O/c1-6-7-14-25(2,17-26-3)30-23-20-10-8-9-11-21(20)28-24(29-23)27-16-18-12-13-19(31-4)15-22(18)32-5;1-2-3/h8-13,15,26H,6-7,14,16-17H2,1-5H3,(H2,27,28,29,30);2H,1H3. The molecule has 3 aromatic rings. The Morgan fingerprint density at radius 2 is 1.83 bits per heavy atom. The number of rotatable bonds is 12. The number of ether oxygens (including phenoxy) is 2. The van der Waals surface area contributed by atoms with Crippen LogP contribution in [0.5, 0.6) is 11.5 Å². The highest BCUT2D eigenvalue weighted by molar-refractivity contribution is 5.90. The zero-order valence-corrected chi connectivity index (χ0v) is 21.8. The van der Waals surface area contributed by atoms with E-state index in [-0.39, 0.29) is 5.54 Å². The maximum atomic E-state index is 8.81. The second kappa shape index (κ2) is 14.1. The highest BCUT2D eigenvalue weighted by atomic mass is 16.5. The van der Waals surface area contributed by atoms with Crippen molar-refractivity contribution in [3.8, 4) is 11.5 Å². The molecule has 1 aromatic heterocycles. The number of carbonyl (C=O) groups is 1. The zero-order chi connectivity index (χ0) is 25.7. The molecule has 8 heteroatoms. The number of aldehydes is 1. The van der Waals surface area contributed by atoms with Gasteiger partial charge in [0.1, 0.15) is 23.6 Å². The molecule has 0 aliphatic heterocycles. The SMILES string of the molecule is CC=O.CCCCC(C)(CNC)Nc1nc(NCc2ccc(OC)cc2OC)nc2ccccc12. The van der Waals surface area contributed by atoms with E-state index in [0.29, 0.717) is 12.5 Å².